The maximum Gasteiger partial charge on any atom is 0.344 e. The lowest BCUT2D eigenvalue weighted by Crippen LogP contribution is -2.36. The fourth-order valence-electron chi connectivity index (χ4n) is 3.49. The van der Waals surface area contributed by atoms with Gasteiger partial charge in [0.25, 0.3) is 0 Å². The Morgan fingerprint density at radius 3 is 2.42 bits per heavy atom. The Kier molecular flexibility index (Phi) is 7.78. The first-order valence-corrected chi connectivity index (χ1v) is 9.81. The Bertz CT molecular complexity index is 624. The van der Waals surface area contributed by atoms with Gasteiger partial charge in [-0.15, -0.1) is 0 Å². The van der Waals surface area contributed by atoms with Gasteiger partial charge in [-0.05, 0) is 42.7 Å². The third-order valence-corrected chi connectivity index (χ3v) is 5.69. The molecule has 1 aromatic carbocycles. The molecule has 0 aromatic heterocycles. The van der Waals surface area contributed by atoms with Gasteiger partial charge in [0.1, 0.15) is 6.10 Å². The second-order valence-corrected chi connectivity index (χ2v) is 8.21. The number of ether oxygens (including phenoxy) is 2. The summed E-state index contributed by atoms with van der Waals surface area (Å²) in [5, 5.41) is 0.793. The minimum absolute atomic E-state index is 0.0825. The summed E-state index contributed by atoms with van der Waals surface area (Å²) in [4.78, 5) is 24.1. The molecule has 0 bridgehead atoms. The molecule has 0 unspecified atom stereocenters. The quantitative estimate of drug-likeness (QED) is 0.624. The molecule has 144 valence electrons. The summed E-state index contributed by atoms with van der Waals surface area (Å²) < 4.78 is 10.7. The van der Waals surface area contributed by atoms with Crippen LogP contribution in [-0.2, 0) is 25.5 Å². The van der Waals surface area contributed by atoms with Crippen LogP contribution in [0.1, 0.15) is 45.6 Å². The highest BCUT2D eigenvalue weighted by atomic mass is 35.5. The van der Waals surface area contributed by atoms with Gasteiger partial charge >= 0.3 is 11.9 Å². The zero-order valence-electron chi connectivity index (χ0n) is 15.5. The first-order chi connectivity index (χ1) is 12.3. The van der Waals surface area contributed by atoms with E-state index in [1.54, 1.807) is 18.2 Å². The standard InChI is InChI=1S/C20H26Cl2O4/c1-12(2)14-8-7-13(3)9-18(14)26-20(24)11-25-19(23)10-15-16(21)5-4-6-17(15)22/h4-6,12-14,18H,7-11H2,1-3H3/t13-,14+,18+/m0/s1. The average Bonchev–Trinajstić information content (AvgIpc) is 2.56. The Morgan fingerprint density at radius 2 is 1.81 bits per heavy atom. The number of benzene rings is 1. The van der Waals surface area contributed by atoms with E-state index in [1.165, 1.54) is 0 Å². The van der Waals surface area contributed by atoms with Crippen LogP contribution in [-0.4, -0.2) is 24.6 Å². The van der Waals surface area contributed by atoms with Gasteiger partial charge in [0.05, 0.1) is 6.42 Å². The summed E-state index contributed by atoms with van der Waals surface area (Å²) in [6.45, 7) is 6.07. The van der Waals surface area contributed by atoms with Crippen LogP contribution < -0.4 is 0 Å². The van der Waals surface area contributed by atoms with Crippen LogP contribution in [0.2, 0.25) is 10.0 Å². The molecule has 0 spiro atoms. The molecule has 2 rings (SSSR count). The number of halogens is 2. The van der Waals surface area contributed by atoms with Gasteiger partial charge in [0, 0.05) is 15.6 Å². The molecule has 1 fully saturated rings. The number of carbonyl (C=O) groups is 2. The largest absolute Gasteiger partial charge is 0.460 e. The van der Waals surface area contributed by atoms with Crippen molar-refractivity contribution in [2.45, 2.75) is 52.6 Å². The van der Waals surface area contributed by atoms with Gasteiger partial charge in [-0.3, -0.25) is 4.79 Å². The van der Waals surface area contributed by atoms with Crippen molar-refractivity contribution in [2.75, 3.05) is 6.61 Å². The monoisotopic (exact) mass is 400 g/mol. The molecule has 1 aliphatic rings. The smallest absolute Gasteiger partial charge is 0.344 e. The molecular weight excluding hydrogens is 375 g/mol. The van der Waals surface area contributed by atoms with Crippen molar-refractivity contribution < 1.29 is 19.1 Å². The van der Waals surface area contributed by atoms with Crippen molar-refractivity contribution in [3.63, 3.8) is 0 Å². The predicted molar refractivity (Wildman–Crippen MR) is 102 cm³/mol. The second-order valence-electron chi connectivity index (χ2n) is 7.39. The fourth-order valence-corrected chi connectivity index (χ4v) is 4.02. The van der Waals surface area contributed by atoms with Crippen molar-refractivity contribution in [2.24, 2.45) is 17.8 Å². The Labute approximate surface area is 165 Å². The van der Waals surface area contributed by atoms with E-state index >= 15 is 0 Å². The van der Waals surface area contributed by atoms with Gasteiger partial charge in [-0.1, -0.05) is 56.5 Å². The van der Waals surface area contributed by atoms with E-state index in [9.17, 15) is 9.59 Å². The van der Waals surface area contributed by atoms with E-state index in [-0.39, 0.29) is 12.5 Å². The van der Waals surface area contributed by atoms with Crippen LogP contribution in [0.4, 0.5) is 0 Å². The van der Waals surface area contributed by atoms with Crippen molar-refractivity contribution >= 4 is 35.1 Å². The average molecular weight is 401 g/mol. The van der Waals surface area contributed by atoms with E-state index in [4.69, 9.17) is 32.7 Å². The van der Waals surface area contributed by atoms with Gasteiger partial charge in [-0.2, -0.15) is 0 Å². The van der Waals surface area contributed by atoms with Gasteiger partial charge in [-0.25, -0.2) is 4.79 Å². The van der Waals surface area contributed by atoms with Crippen LogP contribution in [0.25, 0.3) is 0 Å². The molecule has 1 aliphatic carbocycles. The summed E-state index contributed by atoms with van der Waals surface area (Å²) in [7, 11) is 0. The van der Waals surface area contributed by atoms with Crippen molar-refractivity contribution in [3.8, 4) is 0 Å². The third kappa shape index (κ3) is 5.88. The lowest BCUT2D eigenvalue weighted by atomic mass is 9.75. The lowest BCUT2D eigenvalue weighted by molar-refractivity contribution is -0.166. The molecule has 26 heavy (non-hydrogen) atoms. The molecular formula is C20H26Cl2O4. The van der Waals surface area contributed by atoms with Crippen LogP contribution in [0.3, 0.4) is 0 Å². The van der Waals surface area contributed by atoms with Crippen molar-refractivity contribution in [1.29, 1.82) is 0 Å². The maximum absolute atomic E-state index is 12.1. The molecule has 0 N–H and O–H groups in total. The SMILES string of the molecule is CC(C)[C@H]1CC[C@H](C)C[C@H]1OC(=O)COC(=O)Cc1c(Cl)cccc1Cl. The van der Waals surface area contributed by atoms with E-state index < -0.39 is 18.5 Å². The number of rotatable bonds is 6. The minimum atomic E-state index is -0.561. The van der Waals surface area contributed by atoms with E-state index in [0.717, 1.165) is 19.3 Å². The number of esters is 2. The predicted octanol–water partition coefficient (Wildman–Crippen LogP) is 5.08. The molecule has 0 amide bonds. The molecule has 0 radical (unpaired) electrons. The first kappa shape index (κ1) is 21.0. The zero-order valence-corrected chi connectivity index (χ0v) is 17.0. The third-order valence-electron chi connectivity index (χ3n) is 4.98. The van der Waals surface area contributed by atoms with Crippen LogP contribution >= 0.6 is 23.2 Å². The van der Waals surface area contributed by atoms with Crippen molar-refractivity contribution in [3.05, 3.63) is 33.8 Å². The topological polar surface area (TPSA) is 52.6 Å². The molecule has 0 saturated heterocycles. The normalized spacial score (nSPS) is 22.9. The summed E-state index contributed by atoms with van der Waals surface area (Å²) >= 11 is 12.1. The summed E-state index contributed by atoms with van der Waals surface area (Å²) in [5.41, 5.74) is 0.496. The Balaban J connectivity index is 1.84. The molecule has 4 nitrogen and oxygen atoms in total. The van der Waals surface area contributed by atoms with Crippen LogP contribution in [0, 0.1) is 17.8 Å². The zero-order chi connectivity index (χ0) is 19.3. The number of hydrogen-bond acceptors (Lipinski definition) is 4. The molecule has 6 heteroatoms. The number of carbonyl (C=O) groups excluding carboxylic acids is 2. The highest BCUT2D eigenvalue weighted by Crippen LogP contribution is 2.35. The van der Waals surface area contributed by atoms with Gasteiger partial charge in [0.2, 0.25) is 0 Å². The highest BCUT2D eigenvalue weighted by molar-refractivity contribution is 6.36. The molecule has 3 atom stereocenters. The van der Waals surface area contributed by atoms with Crippen molar-refractivity contribution in [1.82, 2.24) is 0 Å². The molecule has 1 saturated carbocycles. The highest BCUT2D eigenvalue weighted by Gasteiger charge is 2.33. The lowest BCUT2D eigenvalue weighted by Gasteiger charge is -2.36. The molecule has 1 aromatic rings. The summed E-state index contributed by atoms with van der Waals surface area (Å²) in [6, 6.07) is 5.01. The van der Waals surface area contributed by atoms with Gasteiger partial charge < -0.3 is 9.47 Å². The van der Waals surface area contributed by atoms with Crippen LogP contribution in [0.5, 0.6) is 0 Å². The minimum Gasteiger partial charge on any atom is -0.460 e. The Morgan fingerprint density at radius 1 is 1.15 bits per heavy atom. The first-order valence-electron chi connectivity index (χ1n) is 9.06. The van der Waals surface area contributed by atoms with Gasteiger partial charge in [0.15, 0.2) is 6.61 Å². The maximum atomic E-state index is 12.1. The fraction of sp³-hybridized carbons (Fsp3) is 0.600. The molecule has 0 heterocycles. The van der Waals surface area contributed by atoms with E-state index in [1.807, 2.05) is 0 Å². The molecule has 0 aliphatic heterocycles. The van der Waals surface area contributed by atoms with E-state index in [2.05, 4.69) is 20.8 Å². The summed E-state index contributed by atoms with van der Waals surface area (Å²) in [5.74, 6) is 0.272. The second kappa shape index (κ2) is 9.61. The Hall–Kier alpha value is -1.26. The van der Waals surface area contributed by atoms with E-state index in [0.29, 0.717) is 33.4 Å². The van der Waals surface area contributed by atoms with Crippen LogP contribution in [0.15, 0.2) is 18.2 Å². The number of hydrogen-bond donors (Lipinski definition) is 0. The summed E-state index contributed by atoms with van der Waals surface area (Å²) in [6.07, 6.45) is 2.88.